The van der Waals surface area contributed by atoms with Gasteiger partial charge in [0, 0.05) is 21.9 Å². The SMILES string of the molecule is CC(C)NC/C=C/c1cc(Br)c(Br)s1. The van der Waals surface area contributed by atoms with Crippen molar-refractivity contribution in [2.75, 3.05) is 6.54 Å². The summed E-state index contributed by atoms with van der Waals surface area (Å²) in [5.74, 6) is 0. The van der Waals surface area contributed by atoms with Gasteiger partial charge in [-0.3, -0.25) is 0 Å². The Morgan fingerprint density at radius 1 is 1.50 bits per heavy atom. The molecule has 14 heavy (non-hydrogen) atoms. The van der Waals surface area contributed by atoms with Gasteiger partial charge in [-0.05, 0) is 44.0 Å². The molecule has 0 spiro atoms. The van der Waals surface area contributed by atoms with Crippen LogP contribution in [0.2, 0.25) is 0 Å². The molecule has 0 fully saturated rings. The first-order valence-electron chi connectivity index (χ1n) is 4.44. The zero-order valence-electron chi connectivity index (χ0n) is 8.18. The lowest BCUT2D eigenvalue weighted by atomic mass is 10.3. The van der Waals surface area contributed by atoms with E-state index in [2.05, 4.69) is 69.2 Å². The van der Waals surface area contributed by atoms with Gasteiger partial charge in [0.15, 0.2) is 0 Å². The third-order valence-corrected chi connectivity index (χ3v) is 4.81. The van der Waals surface area contributed by atoms with Crippen LogP contribution in [-0.2, 0) is 0 Å². The van der Waals surface area contributed by atoms with Crippen molar-refractivity contribution in [1.29, 1.82) is 0 Å². The summed E-state index contributed by atoms with van der Waals surface area (Å²) in [6.07, 6.45) is 4.28. The monoisotopic (exact) mass is 337 g/mol. The Hall–Kier alpha value is 0.360. The Kier molecular flexibility index (Phi) is 5.38. The van der Waals surface area contributed by atoms with Crippen LogP contribution in [0, 0.1) is 0 Å². The van der Waals surface area contributed by atoms with Crippen LogP contribution in [0.25, 0.3) is 6.08 Å². The van der Waals surface area contributed by atoms with Crippen molar-refractivity contribution in [2.24, 2.45) is 0 Å². The molecule has 1 N–H and O–H groups in total. The van der Waals surface area contributed by atoms with Gasteiger partial charge >= 0.3 is 0 Å². The molecular weight excluding hydrogens is 326 g/mol. The fourth-order valence-electron chi connectivity index (χ4n) is 0.924. The summed E-state index contributed by atoms with van der Waals surface area (Å²) < 4.78 is 2.27. The molecule has 1 rings (SSSR count). The zero-order valence-corrected chi connectivity index (χ0v) is 12.2. The first-order valence-corrected chi connectivity index (χ1v) is 6.84. The number of thiophene rings is 1. The first kappa shape index (κ1) is 12.4. The molecule has 0 amide bonds. The average molecular weight is 339 g/mol. The molecule has 0 aliphatic rings. The van der Waals surface area contributed by atoms with Gasteiger partial charge in [-0.15, -0.1) is 11.3 Å². The van der Waals surface area contributed by atoms with E-state index in [4.69, 9.17) is 0 Å². The van der Waals surface area contributed by atoms with E-state index in [0.29, 0.717) is 6.04 Å². The highest BCUT2D eigenvalue weighted by molar-refractivity contribution is 9.13. The second-order valence-electron chi connectivity index (χ2n) is 3.24. The van der Waals surface area contributed by atoms with Crippen LogP contribution in [0.1, 0.15) is 18.7 Å². The van der Waals surface area contributed by atoms with Gasteiger partial charge in [-0.2, -0.15) is 0 Å². The topological polar surface area (TPSA) is 12.0 Å². The van der Waals surface area contributed by atoms with Crippen molar-refractivity contribution in [3.63, 3.8) is 0 Å². The van der Waals surface area contributed by atoms with E-state index in [-0.39, 0.29) is 0 Å². The lowest BCUT2D eigenvalue weighted by Crippen LogP contribution is -2.22. The van der Waals surface area contributed by atoms with Crippen LogP contribution < -0.4 is 5.32 Å². The molecule has 0 saturated heterocycles. The maximum atomic E-state index is 3.47. The second kappa shape index (κ2) is 6.05. The number of hydrogen-bond donors (Lipinski definition) is 1. The third-order valence-electron chi connectivity index (χ3n) is 1.59. The van der Waals surface area contributed by atoms with E-state index in [9.17, 15) is 0 Å². The van der Waals surface area contributed by atoms with Crippen molar-refractivity contribution in [2.45, 2.75) is 19.9 Å². The molecule has 1 aromatic heterocycles. The highest BCUT2D eigenvalue weighted by Gasteiger charge is 2.00. The summed E-state index contributed by atoms with van der Waals surface area (Å²) in [4.78, 5) is 1.26. The standard InChI is InChI=1S/C10H13Br2NS/c1-7(2)13-5-3-4-8-6-9(11)10(12)14-8/h3-4,6-7,13H,5H2,1-2H3/b4-3+. The number of rotatable bonds is 4. The Morgan fingerprint density at radius 2 is 2.21 bits per heavy atom. The summed E-state index contributed by atoms with van der Waals surface area (Å²) >= 11 is 8.66. The lowest BCUT2D eigenvalue weighted by Gasteiger charge is -2.02. The second-order valence-corrected chi connectivity index (χ2v) is 6.49. The van der Waals surface area contributed by atoms with E-state index in [0.717, 1.165) is 14.8 Å². The smallest absolute Gasteiger partial charge is 0.0846 e. The van der Waals surface area contributed by atoms with Gasteiger partial charge in [-0.25, -0.2) is 0 Å². The Labute approximate surface area is 106 Å². The van der Waals surface area contributed by atoms with Crippen LogP contribution in [0.4, 0.5) is 0 Å². The molecule has 0 atom stereocenters. The molecule has 0 radical (unpaired) electrons. The Balaban J connectivity index is 2.44. The quantitative estimate of drug-likeness (QED) is 0.863. The zero-order chi connectivity index (χ0) is 10.6. The molecule has 0 aliphatic heterocycles. The minimum Gasteiger partial charge on any atom is -0.311 e. The third kappa shape index (κ3) is 4.26. The molecule has 0 aliphatic carbocycles. The maximum Gasteiger partial charge on any atom is 0.0846 e. The van der Waals surface area contributed by atoms with Crippen LogP contribution >= 0.6 is 43.2 Å². The summed E-state index contributed by atoms with van der Waals surface area (Å²) in [5, 5.41) is 3.33. The van der Waals surface area contributed by atoms with E-state index >= 15 is 0 Å². The molecule has 0 bridgehead atoms. The van der Waals surface area contributed by atoms with E-state index in [1.165, 1.54) is 4.88 Å². The normalized spacial score (nSPS) is 11.8. The van der Waals surface area contributed by atoms with Crippen molar-refractivity contribution in [3.05, 3.63) is 25.3 Å². The minimum atomic E-state index is 0.543. The predicted octanol–water partition coefficient (Wildman–Crippen LogP) is 4.28. The molecule has 78 valence electrons. The Morgan fingerprint density at radius 3 is 2.71 bits per heavy atom. The van der Waals surface area contributed by atoms with Gasteiger partial charge in [-0.1, -0.05) is 19.9 Å². The molecule has 0 saturated carbocycles. The molecule has 1 aromatic rings. The van der Waals surface area contributed by atoms with Crippen molar-refractivity contribution >= 4 is 49.3 Å². The molecule has 0 aromatic carbocycles. The number of halogens is 2. The van der Waals surface area contributed by atoms with Crippen molar-refractivity contribution in [3.8, 4) is 0 Å². The number of hydrogen-bond acceptors (Lipinski definition) is 2. The van der Waals surface area contributed by atoms with Gasteiger partial charge in [0.05, 0.1) is 3.79 Å². The predicted molar refractivity (Wildman–Crippen MR) is 71.9 cm³/mol. The van der Waals surface area contributed by atoms with Crippen molar-refractivity contribution < 1.29 is 0 Å². The summed E-state index contributed by atoms with van der Waals surface area (Å²) in [6, 6.07) is 2.65. The van der Waals surface area contributed by atoms with Gasteiger partial charge < -0.3 is 5.32 Å². The summed E-state index contributed by atoms with van der Waals surface area (Å²) in [5.41, 5.74) is 0. The van der Waals surface area contributed by atoms with Gasteiger partial charge in [0.2, 0.25) is 0 Å². The lowest BCUT2D eigenvalue weighted by molar-refractivity contribution is 0.633. The van der Waals surface area contributed by atoms with E-state index in [1.54, 1.807) is 11.3 Å². The fourth-order valence-corrected chi connectivity index (χ4v) is 2.94. The molecule has 4 heteroatoms. The largest absolute Gasteiger partial charge is 0.311 e. The highest BCUT2D eigenvalue weighted by Crippen LogP contribution is 2.32. The molecule has 0 unspecified atom stereocenters. The average Bonchev–Trinajstić information content (AvgIpc) is 2.40. The van der Waals surface area contributed by atoms with Crippen LogP contribution in [0.3, 0.4) is 0 Å². The van der Waals surface area contributed by atoms with Crippen LogP contribution in [0.5, 0.6) is 0 Å². The van der Waals surface area contributed by atoms with Crippen molar-refractivity contribution in [1.82, 2.24) is 5.32 Å². The number of nitrogens with one attached hydrogen (secondary N) is 1. The van der Waals surface area contributed by atoms with Gasteiger partial charge in [0.25, 0.3) is 0 Å². The molecule has 1 heterocycles. The fraction of sp³-hybridized carbons (Fsp3) is 0.400. The summed E-state index contributed by atoms with van der Waals surface area (Å²) in [6.45, 7) is 5.21. The summed E-state index contributed by atoms with van der Waals surface area (Å²) in [7, 11) is 0. The van der Waals surface area contributed by atoms with E-state index < -0.39 is 0 Å². The van der Waals surface area contributed by atoms with Gasteiger partial charge in [0.1, 0.15) is 0 Å². The highest BCUT2D eigenvalue weighted by atomic mass is 79.9. The first-order chi connectivity index (χ1) is 6.59. The van der Waals surface area contributed by atoms with E-state index in [1.807, 2.05) is 0 Å². The van der Waals surface area contributed by atoms with Crippen LogP contribution in [0.15, 0.2) is 20.4 Å². The Bertz CT molecular complexity index is 298. The molecular formula is C10H13Br2NS. The maximum absolute atomic E-state index is 3.47. The van der Waals surface area contributed by atoms with Crippen LogP contribution in [-0.4, -0.2) is 12.6 Å². The minimum absolute atomic E-state index is 0.543. The molecule has 1 nitrogen and oxygen atoms in total.